The zero-order chi connectivity index (χ0) is 22.1. The summed E-state index contributed by atoms with van der Waals surface area (Å²) >= 11 is 0. The molecule has 1 heterocycles. The van der Waals surface area contributed by atoms with Crippen LogP contribution in [0.5, 0.6) is 0 Å². The Bertz CT molecular complexity index is 1080. The number of aryl methyl sites for hydroxylation is 1. The molecule has 2 aromatic carbocycles. The summed E-state index contributed by atoms with van der Waals surface area (Å²) in [6.45, 7) is 1.87. The topological polar surface area (TPSA) is 84.1 Å². The Morgan fingerprint density at radius 2 is 1.73 bits per heavy atom. The Hall–Kier alpha value is -3.62. The van der Waals surface area contributed by atoms with Crippen LogP contribution >= 0.6 is 0 Å². The zero-order valence-corrected chi connectivity index (χ0v) is 16.6. The molecule has 0 saturated carbocycles. The maximum atomic E-state index is 13.1. The number of halogens is 3. The first-order chi connectivity index (χ1) is 14.1. The SMILES string of the molecule is Cc1ccc(C(=O)Nc2cc(C(F)(F)F)ccc2N(C)C)cc1-c1cnc(N)nc1. The number of nitrogens with two attached hydrogens (primary N) is 1. The van der Waals surface area contributed by atoms with Gasteiger partial charge in [0.05, 0.1) is 16.9 Å². The highest BCUT2D eigenvalue weighted by atomic mass is 19.4. The minimum absolute atomic E-state index is 0.0674. The van der Waals surface area contributed by atoms with E-state index >= 15 is 0 Å². The van der Waals surface area contributed by atoms with Crippen LogP contribution in [0.1, 0.15) is 21.5 Å². The fraction of sp³-hybridized carbons (Fsp3) is 0.190. The highest BCUT2D eigenvalue weighted by Gasteiger charge is 2.31. The first-order valence-electron chi connectivity index (χ1n) is 8.94. The van der Waals surface area contributed by atoms with Crippen LogP contribution < -0.4 is 16.0 Å². The van der Waals surface area contributed by atoms with Gasteiger partial charge in [0.15, 0.2) is 0 Å². The molecular formula is C21H20F3N5O. The standard InChI is InChI=1S/C21H20F3N5O/c1-12-4-5-13(8-16(12)14-10-26-20(25)27-11-14)19(30)28-17-9-15(21(22,23)24)6-7-18(17)29(2)3/h4-11H,1-3H3,(H,28,30)(H2,25,26,27). The molecule has 30 heavy (non-hydrogen) atoms. The smallest absolute Gasteiger partial charge is 0.376 e. The number of amides is 1. The van der Waals surface area contributed by atoms with Crippen LogP contribution in [0.15, 0.2) is 48.8 Å². The molecule has 3 aromatic rings. The molecule has 3 N–H and O–H groups in total. The molecule has 0 radical (unpaired) electrons. The molecule has 1 aromatic heterocycles. The number of alkyl halides is 3. The molecule has 156 valence electrons. The van der Waals surface area contributed by atoms with E-state index in [2.05, 4.69) is 15.3 Å². The zero-order valence-electron chi connectivity index (χ0n) is 16.6. The van der Waals surface area contributed by atoms with E-state index in [0.29, 0.717) is 11.3 Å². The van der Waals surface area contributed by atoms with Crippen molar-refractivity contribution in [3.8, 4) is 11.1 Å². The van der Waals surface area contributed by atoms with E-state index in [4.69, 9.17) is 5.73 Å². The van der Waals surface area contributed by atoms with Gasteiger partial charge in [-0.25, -0.2) is 9.97 Å². The Labute approximate surface area is 171 Å². The molecule has 0 fully saturated rings. The Kier molecular flexibility index (Phi) is 5.64. The maximum Gasteiger partial charge on any atom is 0.416 e. The molecule has 3 rings (SSSR count). The third-order valence-corrected chi connectivity index (χ3v) is 4.54. The lowest BCUT2D eigenvalue weighted by atomic mass is 10.00. The van der Waals surface area contributed by atoms with Crippen molar-refractivity contribution in [2.24, 2.45) is 0 Å². The number of hydrogen-bond acceptors (Lipinski definition) is 5. The molecule has 6 nitrogen and oxygen atoms in total. The minimum Gasteiger partial charge on any atom is -0.376 e. The number of hydrogen-bond donors (Lipinski definition) is 2. The third-order valence-electron chi connectivity index (χ3n) is 4.54. The van der Waals surface area contributed by atoms with E-state index in [9.17, 15) is 18.0 Å². The van der Waals surface area contributed by atoms with Crippen molar-refractivity contribution in [3.05, 3.63) is 65.5 Å². The van der Waals surface area contributed by atoms with Gasteiger partial charge in [0.1, 0.15) is 0 Å². The average molecular weight is 415 g/mol. The summed E-state index contributed by atoms with van der Waals surface area (Å²) in [5.41, 5.74) is 7.76. The van der Waals surface area contributed by atoms with Gasteiger partial charge >= 0.3 is 6.18 Å². The number of nitrogens with zero attached hydrogens (tertiary/aromatic N) is 3. The predicted octanol–water partition coefficient (Wildman–Crippen LogP) is 4.37. The van der Waals surface area contributed by atoms with Crippen molar-refractivity contribution in [1.29, 1.82) is 0 Å². The van der Waals surface area contributed by atoms with E-state index in [-0.39, 0.29) is 17.2 Å². The van der Waals surface area contributed by atoms with Crippen molar-refractivity contribution in [2.75, 3.05) is 30.0 Å². The summed E-state index contributed by atoms with van der Waals surface area (Å²) in [5.74, 6) is -0.402. The second kappa shape index (κ2) is 8.02. The van der Waals surface area contributed by atoms with E-state index in [1.165, 1.54) is 6.07 Å². The first kappa shape index (κ1) is 21.1. The summed E-state index contributed by atoms with van der Waals surface area (Å²) in [7, 11) is 3.37. The van der Waals surface area contributed by atoms with E-state index in [0.717, 1.165) is 23.3 Å². The molecule has 0 aliphatic rings. The van der Waals surface area contributed by atoms with Crippen LogP contribution in [-0.2, 0) is 6.18 Å². The lowest BCUT2D eigenvalue weighted by Crippen LogP contribution is -2.18. The fourth-order valence-corrected chi connectivity index (χ4v) is 2.95. The van der Waals surface area contributed by atoms with Gasteiger partial charge in [-0.1, -0.05) is 6.07 Å². The van der Waals surface area contributed by atoms with Crippen LogP contribution in [0.4, 0.5) is 30.5 Å². The molecule has 0 saturated heterocycles. The first-order valence-corrected chi connectivity index (χ1v) is 8.94. The van der Waals surface area contributed by atoms with Gasteiger partial charge in [0.2, 0.25) is 5.95 Å². The number of aromatic nitrogens is 2. The van der Waals surface area contributed by atoms with Gasteiger partial charge in [0, 0.05) is 37.6 Å². The van der Waals surface area contributed by atoms with Crippen LogP contribution in [0.25, 0.3) is 11.1 Å². The molecule has 0 spiro atoms. The number of nitrogen functional groups attached to an aromatic ring is 1. The van der Waals surface area contributed by atoms with Crippen molar-refractivity contribution in [3.63, 3.8) is 0 Å². The highest BCUT2D eigenvalue weighted by Crippen LogP contribution is 2.35. The number of nitrogens with one attached hydrogen (secondary N) is 1. The van der Waals surface area contributed by atoms with Gasteiger partial charge in [-0.2, -0.15) is 13.2 Å². The van der Waals surface area contributed by atoms with Crippen molar-refractivity contribution in [1.82, 2.24) is 9.97 Å². The summed E-state index contributed by atoms with van der Waals surface area (Å²) in [6, 6.07) is 8.23. The molecule has 0 aliphatic heterocycles. The largest absolute Gasteiger partial charge is 0.416 e. The van der Waals surface area contributed by atoms with Crippen molar-refractivity contribution < 1.29 is 18.0 Å². The fourth-order valence-electron chi connectivity index (χ4n) is 2.95. The van der Waals surface area contributed by atoms with Crippen LogP contribution in [0, 0.1) is 6.92 Å². The minimum atomic E-state index is -4.52. The van der Waals surface area contributed by atoms with Gasteiger partial charge in [-0.15, -0.1) is 0 Å². The van der Waals surface area contributed by atoms with Crippen LogP contribution in [-0.4, -0.2) is 30.0 Å². The van der Waals surface area contributed by atoms with Crippen LogP contribution in [0.2, 0.25) is 0 Å². The molecule has 0 bridgehead atoms. The summed E-state index contributed by atoms with van der Waals surface area (Å²) in [6.07, 6.45) is -1.43. The lowest BCUT2D eigenvalue weighted by Gasteiger charge is -2.20. The Balaban J connectivity index is 1.96. The average Bonchev–Trinajstić information content (AvgIpc) is 2.68. The number of carbonyl (C=O) groups excluding carboxylic acids is 1. The number of rotatable bonds is 4. The van der Waals surface area contributed by atoms with Gasteiger partial charge in [-0.05, 0) is 48.4 Å². The summed E-state index contributed by atoms with van der Waals surface area (Å²) in [5, 5.41) is 2.60. The van der Waals surface area contributed by atoms with Gasteiger partial charge in [0.25, 0.3) is 5.91 Å². The van der Waals surface area contributed by atoms with Crippen molar-refractivity contribution >= 4 is 23.2 Å². The lowest BCUT2D eigenvalue weighted by molar-refractivity contribution is -0.137. The molecule has 1 amide bonds. The monoisotopic (exact) mass is 415 g/mol. The van der Waals surface area contributed by atoms with E-state index in [1.54, 1.807) is 49.6 Å². The molecule has 9 heteroatoms. The third kappa shape index (κ3) is 4.51. The Morgan fingerprint density at radius 1 is 1.07 bits per heavy atom. The van der Waals surface area contributed by atoms with Gasteiger partial charge in [-0.3, -0.25) is 4.79 Å². The second-order valence-corrected chi connectivity index (χ2v) is 6.94. The van der Waals surface area contributed by atoms with Crippen LogP contribution in [0.3, 0.4) is 0 Å². The quantitative estimate of drug-likeness (QED) is 0.661. The molecular weight excluding hydrogens is 395 g/mol. The van der Waals surface area contributed by atoms with E-state index < -0.39 is 17.6 Å². The molecule has 0 unspecified atom stereocenters. The normalized spacial score (nSPS) is 11.3. The van der Waals surface area contributed by atoms with Crippen molar-refractivity contribution in [2.45, 2.75) is 13.1 Å². The predicted molar refractivity (Wildman–Crippen MR) is 110 cm³/mol. The molecule has 0 aliphatic carbocycles. The second-order valence-electron chi connectivity index (χ2n) is 6.94. The summed E-state index contributed by atoms with van der Waals surface area (Å²) < 4.78 is 39.4. The molecule has 0 atom stereocenters. The van der Waals surface area contributed by atoms with Gasteiger partial charge < -0.3 is 16.0 Å². The van der Waals surface area contributed by atoms with E-state index in [1.807, 2.05) is 6.92 Å². The number of benzene rings is 2. The summed E-state index contributed by atoms with van der Waals surface area (Å²) in [4.78, 5) is 22.4. The Morgan fingerprint density at radius 3 is 2.33 bits per heavy atom. The maximum absolute atomic E-state index is 13.1. The highest BCUT2D eigenvalue weighted by molar-refractivity contribution is 6.06. The number of anilines is 3. The number of carbonyl (C=O) groups is 1.